The molecule has 0 saturated carbocycles. The first-order valence-electron chi connectivity index (χ1n) is 7.85. The number of nitrogen functional groups attached to an aromatic ring is 1. The Hall–Kier alpha value is -1.99. The number of nitrogens with zero attached hydrogens (tertiary/aromatic N) is 3. The van der Waals surface area contributed by atoms with Crippen molar-refractivity contribution in [3.63, 3.8) is 0 Å². The molecule has 2 saturated heterocycles. The molecule has 120 valence electrons. The Kier molecular flexibility index (Phi) is 3.74. The standard InChI is InChI=1S/C16H19N5OS/c17-16-20-19-13(23-16)6-14(22)21-9-11-7-18-8-12(11)15(21)10-4-2-1-3-5-10/h1-5,11-12,15,18H,6-9H2,(H2,17,20)/t11-,12-,15+/m0/s1. The van der Waals surface area contributed by atoms with Crippen LogP contribution in [0.25, 0.3) is 0 Å². The van der Waals surface area contributed by atoms with E-state index in [1.54, 1.807) is 0 Å². The van der Waals surface area contributed by atoms with Crippen LogP contribution in [0, 0.1) is 11.8 Å². The highest BCUT2D eigenvalue weighted by molar-refractivity contribution is 7.15. The van der Waals surface area contributed by atoms with Gasteiger partial charge in [-0.3, -0.25) is 4.79 Å². The van der Waals surface area contributed by atoms with Gasteiger partial charge in [0.1, 0.15) is 5.01 Å². The number of benzene rings is 1. The molecule has 0 bridgehead atoms. The monoisotopic (exact) mass is 329 g/mol. The number of nitrogens with one attached hydrogen (secondary N) is 1. The highest BCUT2D eigenvalue weighted by Crippen LogP contribution is 2.42. The van der Waals surface area contributed by atoms with E-state index in [1.165, 1.54) is 16.9 Å². The van der Waals surface area contributed by atoms with Gasteiger partial charge in [0.25, 0.3) is 0 Å². The zero-order valence-electron chi connectivity index (χ0n) is 12.7. The fourth-order valence-corrected chi connectivity index (χ4v) is 4.42. The molecule has 0 radical (unpaired) electrons. The van der Waals surface area contributed by atoms with Crippen LogP contribution in [0.15, 0.2) is 30.3 Å². The third kappa shape index (κ3) is 2.70. The maximum atomic E-state index is 12.8. The molecule has 0 aliphatic carbocycles. The SMILES string of the molecule is Nc1nnc(CC(=O)N2C[C@@H]3CNC[C@@H]3[C@H]2c2ccccc2)s1. The van der Waals surface area contributed by atoms with E-state index in [9.17, 15) is 4.79 Å². The molecule has 1 amide bonds. The van der Waals surface area contributed by atoms with Gasteiger partial charge in [-0.1, -0.05) is 41.7 Å². The van der Waals surface area contributed by atoms with Crippen LogP contribution < -0.4 is 11.1 Å². The van der Waals surface area contributed by atoms with Gasteiger partial charge in [0.15, 0.2) is 0 Å². The molecule has 6 nitrogen and oxygen atoms in total. The summed E-state index contributed by atoms with van der Waals surface area (Å²) in [6.45, 7) is 2.77. The number of fused-ring (bicyclic) bond motifs is 1. The Morgan fingerprint density at radius 1 is 1.30 bits per heavy atom. The number of hydrogen-bond donors (Lipinski definition) is 2. The zero-order valence-corrected chi connectivity index (χ0v) is 13.5. The molecular weight excluding hydrogens is 310 g/mol. The molecule has 0 spiro atoms. The summed E-state index contributed by atoms with van der Waals surface area (Å²) in [5, 5.41) is 12.3. The van der Waals surface area contributed by atoms with Gasteiger partial charge in [0, 0.05) is 25.6 Å². The van der Waals surface area contributed by atoms with Gasteiger partial charge in [0.05, 0.1) is 12.5 Å². The van der Waals surface area contributed by atoms with Gasteiger partial charge in [-0.2, -0.15) is 0 Å². The summed E-state index contributed by atoms with van der Waals surface area (Å²) < 4.78 is 0. The van der Waals surface area contributed by atoms with E-state index in [1.807, 2.05) is 23.1 Å². The topological polar surface area (TPSA) is 84.1 Å². The number of hydrogen-bond acceptors (Lipinski definition) is 6. The van der Waals surface area contributed by atoms with E-state index in [2.05, 4.69) is 27.6 Å². The van der Waals surface area contributed by atoms with Crippen molar-refractivity contribution in [1.29, 1.82) is 0 Å². The highest BCUT2D eigenvalue weighted by Gasteiger charge is 2.46. The second-order valence-electron chi connectivity index (χ2n) is 6.19. The third-order valence-electron chi connectivity index (χ3n) is 4.81. The van der Waals surface area contributed by atoms with Gasteiger partial charge in [-0.15, -0.1) is 10.2 Å². The van der Waals surface area contributed by atoms with Gasteiger partial charge in [-0.05, 0) is 11.5 Å². The summed E-state index contributed by atoms with van der Waals surface area (Å²) in [4.78, 5) is 14.9. The van der Waals surface area contributed by atoms with Crippen molar-refractivity contribution in [3.05, 3.63) is 40.9 Å². The Bertz CT molecular complexity index is 704. The predicted molar refractivity (Wildman–Crippen MR) is 88.8 cm³/mol. The van der Waals surface area contributed by atoms with E-state index < -0.39 is 0 Å². The largest absolute Gasteiger partial charge is 0.374 e. The maximum Gasteiger partial charge on any atom is 0.230 e. The van der Waals surface area contributed by atoms with Crippen LogP contribution in [0.2, 0.25) is 0 Å². The summed E-state index contributed by atoms with van der Waals surface area (Å²) in [7, 11) is 0. The average Bonchev–Trinajstić information content (AvgIpc) is 3.23. The second kappa shape index (κ2) is 5.90. The number of carbonyl (C=O) groups is 1. The maximum absolute atomic E-state index is 12.8. The number of rotatable bonds is 3. The number of amides is 1. The first-order valence-corrected chi connectivity index (χ1v) is 8.67. The van der Waals surface area contributed by atoms with Crippen LogP contribution in [0.5, 0.6) is 0 Å². The van der Waals surface area contributed by atoms with Crippen LogP contribution in [0.1, 0.15) is 16.6 Å². The van der Waals surface area contributed by atoms with Crippen molar-refractivity contribution in [1.82, 2.24) is 20.4 Å². The lowest BCUT2D eigenvalue weighted by molar-refractivity contribution is -0.131. The Balaban J connectivity index is 1.59. The molecule has 2 aromatic rings. The zero-order chi connectivity index (χ0) is 15.8. The van der Waals surface area contributed by atoms with Crippen LogP contribution in [0.4, 0.5) is 5.13 Å². The minimum atomic E-state index is 0.115. The van der Waals surface area contributed by atoms with Crippen molar-refractivity contribution in [2.75, 3.05) is 25.4 Å². The van der Waals surface area contributed by atoms with Crippen molar-refractivity contribution in [2.45, 2.75) is 12.5 Å². The van der Waals surface area contributed by atoms with E-state index in [-0.39, 0.29) is 18.4 Å². The summed E-state index contributed by atoms with van der Waals surface area (Å²) in [5.74, 6) is 1.13. The Labute approximate surface area is 138 Å². The predicted octanol–water partition coefficient (Wildman–Crippen LogP) is 1.08. The molecule has 2 aliphatic heterocycles. The second-order valence-corrected chi connectivity index (χ2v) is 7.29. The first kappa shape index (κ1) is 14.6. The number of carbonyl (C=O) groups excluding carboxylic acids is 1. The van der Waals surface area contributed by atoms with E-state index in [0.29, 0.717) is 22.0 Å². The summed E-state index contributed by atoms with van der Waals surface area (Å²) in [6.07, 6.45) is 0.283. The van der Waals surface area contributed by atoms with Crippen LogP contribution >= 0.6 is 11.3 Å². The van der Waals surface area contributed by atoms with Gasteiger partial charge >= 0.3 is 0 Å². The molecule has 1 aromatic carbocycles. The van der Waals surface area contributed by atoms with Crippen LogP contribution in [0.3, 0.4) is 0 Å². The highest BCUT2D eigenvalue weighted by atomic mass is 32.1. The number of aromatic nitrogens is 2. The van der Waals surface area contributed by atoms with Crippen molar-refractivity contribution in [2.24, 2.45) is 11.8 Å². The van der Waals surface area contributed by atoms with Crippen molar-refractivity contribution in [3.8, 4) is 0 Å². The van der Waals surface area contributed by atoms with E-state index in [0.717, 1.165) is 19.6 Å². The first-order chi connectivity index (χ1) is 11.2. The van der Waals surface area contributed by atoms with Gasteiger partial charge < -0.3 is 16.0 Å². The lowest BCUT2D eigenvalue weighted by Crippen LogP contribution is -2.35. The average molecular weight is 329 g/mol. The fraction of sp³-hybridized carbons (Fsp3) is 0.438. The Morgan fingerprint density at radius 2 is 2.13 bits per heavy atom. The van der Waals surface area contributed by atoms with E-state index in [4.69, 9.17) is 5.73 Å². The Morgan fingerprint density at radius 3 is 2.87 bits per heavy atom. The van der Waals surface area contributed by atoms with Gasteiger partial charge in [-0.25, -0.2) is 0 Å². The summed E-state index contributed by atoms with van der Waals surface area (Å²) in [5.41, 5.74) is 6.83. The molecule has 2 aliphatic rings. The molecular formula is C16H19N5OS. The van der Waals surface area contributed by atoms with E-state index >= 15 is 0 Å². The molecule has 3 heterocycles. The molecule has 1 aromatic heterocycles. The minimum Gasteiger partial charge on any atom is -0.374 e. The molecule has 23 heavy (non-hydrogen) atoms. The molecule has 3 N–H and O–H groups in total. The molecule has 7 heteroatoms. The number of nitrogens with two attached hydrogens (primary N) is 1. The number of anilines is 1. The molecule has 4 rings (SSSR count). The minimum absolute atomic E-state index is 0.115. The van der Waals surface area contributed by atoms with Crippen LogP contribution in [-0.2, 0) is 11.2 Å². The number of likely N-dealkylation sites (tertiary alicyclic amines) is 1. The lowest BCUT2D eigenvalue weighted by atomic mass is 9.89. The molecule has 0 unspecified atom stereocenters. The van der Waals surface area contributed by atoms with Gasteiger partial charge in [0.2, 0.25) is 11.0 Å². The quantitative estimate of drug-likeness (QED) is 0.880. The lowest BCUT2D eigenvalue weighted by Gasteiger charge is -2.28. The van der Waals surface area contributed by atoms with Crippen LogP contribution in [-0.4, -0.2) is 40.6 Å². The third-order valence-corrected chi connectivity index (χ3v) is 5.56. The normalized spacial score (nSPS) is 26.4. The van der Waals surface area contributed by atoms with Crippen molar-refractivity contribution >= 4 is 22.4 Å². The molecule has 2 fully saturated rings. The smallest absolute Gasteiger partial charge is 0.230 e. The summed E-state index contributed by atoms with van der Waals surface area (Å²) in [6, 6.07) is 10.5. The molecule has 3 atom stereocenters. The van der Waals surface area contributed by atoms with Crippen molar-refractivity contribution < 1.29 is 4.79 Å². The fourth-order valence-electron chi connectivity index (χ4n) is 3.82. The summed E-state index contributed by atoms with van der Waals surface area (Å²) >= 11 is 1.29.